The van der Waals surface area contributed by atoms with Crippen LogP contribution in [-0.2, 0) is 0 Å². The molecule has 1 N–H and O–H groups in total. The van der Waals surface area contributed by atoms with Gasteiger partial charge in [0.2, 0.25) is 0 Å². The second-order valence-corrected chi connectivity index (χ2v) is 4.58. The monoisotopic (exact) mass is 272 g/mol. The maximum absolute atomic E-state index is 10.5. The second kappa shape index (κ2) is 5.43. The van der Waals surface area contributed by atoms with E-state index in [1.54, 1.807) is 7.11 Å². The van der Waals surface area contributed by atoms with Crippen molar-refractivity contribution in [1.29, 1.82) is 0 Å². The van der Waals surface area contributed by atoms with E-state index in [1.165, 1.54) is 0 Å². The molecule has 2 aromatic rings. The van der Waals surface area contributed by atoms with Crippen LogP contribution in [-0.4, -0.2) is 25.4 Å². The minimum absolute atomic E-state index is 0.533. The Morgan fingerprint density at radius 3 is 2.55 bits per heavy atom. The third-order valence-electron chi connectivity index (χ3n) is 3.29. The first kappa shape index (κ1) is 12.8. The SMILES string of the molecule is COc1cccc([C@@H](O)c2ccc3c(c2)OCCO3)c1. The number of benzene rings is 2. The largest absolute Gasteiger partial charge is 0.497 e. The zero-order valence-electron chi connectivity index (χ0n) is 11.2. The predicted molar refractivity (Wildman–Crippen MR) is 74.5 cm³/mol. The summed E-state index contributed by atoms with van der Waals surface area (Å²) in [5.41, 5.74) is 1.54. The van der Waals surface area contributed by atoms with E-state index in [0.29, 0.717) is 19.0 Å². The quantitative estimate of drug-likeness (QED) is 0.932. The summed E-state index contributed by atoms with van der Waals surface area (Å²) < 4.78 is 16.2. The van der Waals surface area contributed by atoms with E-state index in [0.717, 1.165) is 22.6 Å². The minimum Gasteiger partial charge on any atom is -0.497 e. The van der Waals surface area contributed by atoms with Gasteiger partial charge < -0.3 is 19.3 Å². The van der Waals surface area contributed by atoms with Crippen molar-refractivity contribution < 1.29 is 19.3 Å². The van der Waals surface area contributed by atoms with Gasteiger partial charge in [-0.05, 0) is 35.4 Å². The summed E-state index contributed by atoms with van der Waals surface area (Å²) in [4.78, 5) is 0. The lowest BCUT2D eigenvalue weighted by Gasteiger charge is -2.20. The minimum atomic E-state index is -0.721. The molecule has 0 saturated carbocycles. The molecule has 3 rings (SSSR count). The zero-order chi connectivity index (χ0) is 13.9. The third-order valence-corrected chi connectivity index (χ3v) is 3.29. The first-order valence-corrected chi connectivity index (χ1v) is 6.49. The Morgan fingerprint density at radius 2 is 1.75 bits per heavy atom. The highest BCUT2D eigenvalue weighted by atomic mass is 16.6. The second-order valence-electron chi connectivity index (χ2n) is 4.58. The van der Waals surface area contributed by atoms with Crippen molar-refractivity contribution in [2.75, 3.05) is 20.3 Å². The highest BCUT2D eigenvalue weighted by molar-refractivity contribution is 5.46. The third kappa shape index (κ3) is 2.42. The smallest absolute Gasteiger partial charge is 0.161 e. The van der Waals surface area contributed by atoms with E-state index in [9.17, 15) is 5.11 Å². The van der Waals surface area contributed by atoms with Gasteiger partial charge in [-0.25, -0.2) is 0 Å². The molecular weight excluding hydrogens is 256 g/mol. The fourth-order valence-corrected chi connectivity index (χ4v) is 2.23. The standard InChI is InChI=1S/C16H16O4/c1-18-13-4-2-3-11(9-13)16(17)12-5-6-14-15(10-12)20-8-7-19-14/h2-6,9-10,16-17H,7-8H2,1H3/t16-/m1/s1. The molecule has 0 radical (unpaired) electrons. The molecule has 0 fully saturated rings. The Bertz CT molecular complexity index is 609. The number of hydrogen-bond acceptors (Lipinski definition) is 4. The first-order chi connectivity index (χ1) is 9.78. The average molecular weight is 272 g/mol. The number of hydrogen-bond donors (Lipinski definition) is 1. The van der Waals surface area contributed by atoms with Gasteiger partial charge in [-0.2, -0.15) is 0 Å². The van der Waals surface area contributed by atoms with Gasteiger partial charge >= 0.3 is 0 Å². The molecule has 0 amide bonds. The van der Waals surface area contributed by atoms with Crippen LogP contribution in [0.2, 0.25) is 0 Å². The molecule has 4 nitrogen and oxygen atoms in total. The van der Waals surface area contributed by atoms with Crippen LogP contribution >= 0.6 is 0 Å². The lowest BCUT2D eigenvalue weighted by atomic mass is 10.0. The molecule has 1 aliphatic heterocycles. The van der Waals surface area contributed by atoms with E-state index in [4.69, 9.17) is 14.2 Å². The van der Waals surface area contributed by atoms with E-state index < -0.39 is 6.10 Å². The van der Waals surface area contributed by atoms with Crippen molar-refractivity contribution in [3.05, 3.63) is 53.6 Å². The zero-order valence-corrected chi connectivity index (χ0v) is 11.2. The lowest BCUT2D eigenvalue weighted by Crippen LogP contribution is -2.15. The van der Waals surface area contributed by atoms with Crippen LogP contribution in [0.1, 0.15) is 17.2 Å². The van der Waals surface area contributed by atoms with Gasteiger partial charge in [-0.3, -0.25) is 0 Å². The van der Waals surface area contributed by atoms with Crippen molar-refractivity contribution in [3.63, 3.8) is 0 Å². The van der Waals surface area contributed by atoms with Crippen LogP contribution in [0.25, 0.3) is 0 Å². The summed E-state index contributed by atoms with van der Waals surface area (Å²) in [7, 11) is 1.61. The molecule has 1 atom stereocenters. The Kier molecular flexibility index (Phi) is 3.48. The molecule has 0 spiro atoms. The molecule has 0 aromatic heterocycles. The van der Waals surface area contributed by atoms with Crippen LogP contribution in [0.5, 0.6) is 17.2 Å². The Morgan fingerprint density at radius 1 is 1.00 bits per heavy atom. The molecule has 2 aromatic carbocycles. The fourth-order valence-electron chi connectivity index (χ4n) is 2.23. The van der Waals surface area contributed by atoms with Crippen molar-refractivity contribution in [3.8, 4) is 17.2 Å². The number of fused-ring (bicyclic) bond motifs is 1. The van der Waals surface area contributed by atoms with Gasteiger partial charge in [0.25, 0.3) is 0 Å². The van der Waals surface area contributed by atoms with Gasteiger partial charge in [0.05, 0.1) is 7.11 Å². The normalized spacial score (nSPS) is 14.7. The van der Waals surface area contributed by atoms with Crippen LogP contribution in [0.4, 0.5) is 0 Å². The van der Waals surface area contributed by atoms with Gasteiger partial charge in [0, 0.05) is 0 Å². The molecule has 104 valence electrons. The number of ether oxygens (including phenoxy) is 3. The highest BCUT2D eigenvalue weighted by Crippen LogP contribution is 2.34. The molecule has 4 heteroatoms. The number of aliphatic hydroxyl groups is 1. The van der Waals surface area contributed by atoms with Gasteiger partial charge in [-0.15, -0.1) is 0 Å². The van der Waals surface area contributed by atoms with E-state index in [2.05, 4.69) is 0 Å². The number of aliphatic hydroxyl groups excluding tert-OH is 1. The van der Waals surface area contributed by atoms with E-state index >= 15 is 0 Å². The van der Waals surface area contributed by atoms with Crippen LogP contribution in [0.15, 0.2) is 42.5 Å². The van der Waals surface area contributed by atoms with Crippen molar-refractivity contribution in [2.45, 2.75) is 6.10 Å². The summed E-state index contributed by atoms with van der Waals surface area (Å²) in [5, 5.41) is 10.5. The fraction of sp³-hybridized carbons (Fsp3) is 0.250. The summed E-state index contributed by atoms with van der Waals surface area (Å²) in [5.74, 6) is 2.12. The molecule has 0 saturated heterocycles. The van der Waals surface area contributed by atoms with Crippen molar-refractivity contribution in [2.24, 2.45) is 0 Å². The molecule has 1 heterocycles. The summed E-state index contributed by atoms with van der Waals surface area (Å²) in [6.07, 6.45) is -0.721. The Balaban J connectivity index is 1.91. The molecule has 0 bridgehead atoms. The molecule has 0 aliphatic carbocycles. The van der Waals surface area contributed by atoms with Gasteiger partial charge in [-0.1, -0.05) is 18.2 Å². The number of rotatable bonds is 3. The summed E-state index contributed by atoms with van der Waals surface area (Å²) in [6.45, 7) is 1.09. The van der Waals surface area contributed by atoms with E-state index in [1.807, 2.05) is 42.5 Å². The summed E-state index contributed by atoms with van der Waals surface area (Å²) in [6, 6.07) is 12.9. The Hall–Kier alpha value is -2.20. The van der Waals surface area contributed by atoms with Gasteiger partial charge in [0.1, 0.15) is 25.1 Å². The number of methoxy groups -OCH3 is 1. The first-order valence-electron chi connectivity index (χ1n) is 6.49. The molecule has 1 aliphatic rings. The van der Waals surface area contributed by atoms with Gasteiger partial charge in [0.15, 0.2) is 11.5 Å². The van der Waals surface area contributed by atoms with E-state index in [-0.39, 0.29) is 0 Å². The van der Waals surface area contributed by atoms with Crippen molar-refractivity contribution in [1.82, 2.24) is 0 Å². The lowest BCUT2D eigenvalue weighted by molar-refractivity contribution is 0.169. The maximum Gasteiger partial charge on any atom is 0.161 e. The topological polar surface area (TPSA) is 47.9 Å². The highest BCUT2D eigenvalue weighted by Gasteiger charge is 2.16. The molecule has 20 heavy (non-hydrogen) atoms. The van der Waals surface area contributed by atoms with Crippen LogP contribution < -0.4 is 14.2 Å². The average Bonchev–Trinajstić information content (AvgIpc) is 2.53. The molecule has 0 unspecified atom stereocenters. The Labute approximate surface area is 117 Å². The summed E-state index contributed by atoms with van der Waals surface area (Å²) >= 11 is 0. The maximum atomic E-state index is 10.5. The van der Waals surface area contributed by atoms with Crippen LogP contribution in [0, 0.1) is 0 Å². The molecular formula is C16H16O4. The van der Waals surface area contributed by atoms with Crippen molar-refractivity contribution >= 4 is 0 Å². The van der Waals surface area contributed by atoms with Crippen LogP contribution in [0.3, 0.4) is 0 Å². The predicted octanol–water partition coefficient (Wildman–Crippen LogP) is 2.55.